The molecule has 1 saturated heterocycles. The van der Waals surface area contributed by atoms with Crippen molar-refractivity contribution >= 4 is 52.9 Å². The molecular formula is C23H34IN5O2S. The highest BCUT2D eigenvalue weighted by molar-refractivity contribution is 14.0. The van der Waals surface area contributed by atoms with E-state index in [9.17, 15) is 4.79 Å². The minimum absolute atomic E-state index is 0. The van der Waals surface area contributed by atoms with Crippen molar-refractivity contribution in [3.63, 3.8) is 0 Å². The van der Waals surface area contributed by atoms with Gasteiger partial charge >= 0.3 is 0 Å². The number of ether oxygens (including phenoxy) is 1. The van der Waals surface area contributed by atoms with Gasteiger partial charge < -0.3 is 20.7 Å². The number of hydrogen-bond donors (Lipinski definition) is 3. The molecule has 0 spiro atoms. The molecule has 1 amide bonds. The first-order valence-electron chi connectivity index (χ1n) is 11.0. The van der Waals surface area contributed by atoms with E-state index in [0.717, 1.165) is 43.6 Å². The highest BCUT2D eigenvalue weighted by Crippen LogP contribution is 2.28. The molecule has 0 aliphatic carbocycles. The number of amides is 1. The Bertz CT molecular complexity index is 841. The number of hydrogen-bond acceptors (Lipinski definition) is 5. The van der Waals surface area contributed by atoms with Gasteiger partial charge in [0.2, 0.25) is 5.91 Å². The minimum Gasteiger partial charge on any atom is -0.492 e. The molecule has 0 bridgehead atoms. The van der Waals surface area contributed by atoms with Crippen molar-refractivity contribution < 1.29 is 9.53 Å². The van der Waals surface area contributed by atoms with Gasteiger partial charge in [-0.3, -0.25) is 14.7 Å². The van der Waals surface area contributed by atoms with Crippen LogP contribution in [-0.2, 0) is 4.79 Å². The number of likely N-dealkylation sites (tertiary alicyclic amines) is 1. The molecular weight excluding hydrogens is 537 g/mol. The van der Waals surface area contributed by atoms with E-state index in [1.54, 1.807) is 0 Å². The fraction of sp³-hybridized carbons (Fsp3) is 0.478. The summed E-state index contributed by atoms with van der Waals surface area (Å²) in [5.74, 6) is 1.43. The maximum Gasteiger partial charge on any atom is 0.221 e. The lowest BCUT2D eigenvalue weighted by atomic mass is 10.2. The van der Waals surface area contributed by atoms with Crippen LogP contribution in [0.5, 0.6) is 5.75 Å². The Morgan fingerprint density at radius 3 is 2.72 bits per heavy atom. The zero-order valence-corrected chi connectivity index (χ0v) is 21.9. The lowest BCUT2D eigenvalue weighted by Crippen LogP contribution is -2.40. The Hall–Kier alpha value is -1.85. The number of rotatable bonds is 10. The summed E-state index contributed by atoms with van der Waals surface area (Å²) in [6.07, 6.45) is 2.54. The first kappa shape index (κ1) is 26.4. The molecule has 7 nitrogen and oxygen atoms in total. The van der Waals surface area contributed by atoms with Crippen LogP contribution in [0.15, 0.2) is 46.8 Å². The number of halogens is 1. The maximum atomic E-state index is 11.2. The lowest BCUT2D eigenvalue weighted by molar-refractivity contribution is -0.114. The van der Waals surface area contributed by atoms with Crippen LogP contribution in [0.4, 0.5) is 5.69 Å². The van der Waals surface area contributed by atoms with Crippen LogP contribution in [0.3, 0.4) is 0 Å². The van der Waals surface area contributed by atoms with Crippen molar-refractivity contribution in [2.75, 3.05) is 44.6 Å². The highest BCUT2D eigenvalue weighted by atomic mass is 127. The van der Waals surface area contributed by atoms with Crippen molar-refractivity contribution in [1.29, 1.82) is 0 Å². The Morgan fingerprint density at radius 2 is 2.03 bits per heavy atom. The Labute approximate surface area is 212 Å². The van der Waals surface area contributed by atoms with E-state index in [1.165, 1.54) is 24.6 Å². The third-order valence-electron chi connectivity index (χ3n) is 5.04. The summed E-state index contributed by atoms with van der Waals surface area (Å²) in [4.78, 5) is 20.0. The van der Waals surface area contributed by atoms with Crippen molar-refractivity contribution in [3.8, 4) is 5.75 Å². The Balaban J connectivity index is 0.00000363. The summed E-state index contributed by atoms with van der Waals surface area (Å²) in [6.45, 7) is 8.51. The van der Waals surface area contributed by atoms with Crippen LogP contribution in [0.25, 0.3) is 0 Å². The zero-order valence-electron chi connectivity index (χ0n) is 18.8. The van der Waals surface area contributed by atoms with E-state index in [1.807, 2.05) is 35.6 Å². The van der Waals surface area contributed by atoms with Crippen molar-refractivity contribution in [1.82, 2.24) is 15.5 Å². The number of carbonyl (C=O) groups is 1. The molecule has 1 aliphatic rings. The molecule has 9 heteroatoms. The van der Waals surface area contributed by atoms with Gasteiger partial charge in [-0.15, -0.1) is 35.3 Å². The maximum absolute atomic E-state index is 11.2. The van der Waals surface area contributed by atoms with Gasteiger partial charge in [0.05, 0.1) is 19.1 Å². The van der Waals surface area contributed by atoms with Gasteiger partial charge in [-0.25, -0.2) is 0 Å². The largest absolute Gasteiger partial charge is 0.492 e. The molecule has 3 rings (SSSR count). The second-order valence-electron chi connectivity index (χ2n) is 7.48. The van der Waals surface area contributed by atoms with Gasteiger partial charge in [-0.05, 0) is 56.4 Å². The van der Waals surface area contributed by atoms with E-state index < -0.39 is 0 Å². The summed E-state index contributed by atoms with van der Waals surface area (Å²) in [5.41, 5.74) is 0.731. The molecule has 1 aromatic heterocycles. The Kier molecular flexibility index (Phi) is 11.8. The molecule has 0 radical (unpaired) electrons. The number of carbonyl (C=O) groups excluding carboxylic acids is 1. The van der Waals surface area contributed by atoms with Crippen LogP contribution in [0.1, 0.15) is 37.6 Å². The molecule has 2 aromatic rings. The number of thiophene rings is 1. The molecule has 1 aliphatic heterocycles. The molecule has 1 atom stereocenters. The van der Waals surface area contributed by atoms with Crippen molar-refractivity contribution in [2.24, 2.45) is 4.99 Å². The first-order valence-corrected chi connectivity index (χ1v) is 11.8. The summed E-state index contributed by atoms with van der Waals surface area (Å²) in [7, 11) is 0. The number of nitrogens with one attached hydrogen (secondary N) is 3. The van der Waals surface area contributed by atoms with E-state index in [2.05, 4.69) is 45.3 Å². The fourth-order valence-electron chi connectivity index (χ4n) is 3.64. The average molecular weight is 572 g/mol. The van der Waals surface area contributed by atoms with Gasteiger partial charge in [-0.1, -0.05) is 12.1 Å². The average Bonchev–Trinajstić information content (AvgIpc) is 3.46. The highest BCUT2D eigenvalue weighted by Gasteiger charge is 2.24. The smallest absolute Gasteiger partial charge is 0.221 e. The predicted molar refractivity (Wildman–Crippen MR) is 144 cm³/mol. The van der Waals surface area contributed by atoms with Crippen LogP contribution in [-0.4, -0.2) is 56.1 Å². The summed E-state index contributed by atoms with van der Waals surface area (Å²) in [6, 6.07) is 12.1. The number of guanidine groups is 1. The van der Waals surface area contributed by atoms with Gasteiger partial charge in [0.1, 0.15) is 12.4 Å². The number of aliphatic imine (C=N–C) groups is 1. The van der Waals surface area contributed by atoms with Crippen LogP contribution in [0, 0.1) is 0 Å². The van der Waals surface area contributed by atoms with Crippen LogP contribution < -0.4 is 20.7 Å². The molecule has 32 heavy (non-hydrogen) atoms. The topological polar surface area (TPSA) is 78.0 Å². The standard InChI is InChI=1S/C23H33N5O2S.HI/c1-3-24-23(25-11-14-30-20-9-6-8-19(16-20)27-18(2)29)26-17-21(22-10-7-15-31-22)28-12-4-5-13-28;/h6-10,15-16,21H,3-5,11-14,17H2,1-2H3,(H,27,29)(H2,24,25,26);1H. The summed E-state index contributed by atoms with van der Waals surface area (Å²) >= 11 is 1.81. The van der Waals surface area contributed by atoms with E-state index >= 15 is 0 Å². The van der Waals surface area contributed by atoms with Gasteiger partial charge in [0.25, 0.3) is 0 Å². The van der Waals surface area contributed by atoms with Gasteiger partial charge in [-0.2, -0.15) is 0 Å². The zero-order chi connectivity index (χ0) is 21.9. The minimum atomic E-state index is -0.0971. The number of anilines is 1. The molecule has 1 unspecified atom stereocenters. The van der Waals surface area contributed by atoms with Crippen LogP contribution in [0.2, 0.25) is 0 Å². The summed E-state index contributed by atoms with van der Waals surface area (Å²) < 4.78 is 5.82. The molecule has 0 saturated carbocycles. The molecule has 176 valence electrons. The predicted octanol–water partition coefficient (Wildman–Crippen LogP) is 4.10. The first-order chi connectivity index (χ1) is 15.2. The second-order valence-corrected chi connectivity index (χ2v) is 8.46. The van der Waals surface area contributed by atoms with Gasteiger partial charge in [0.15, 0.2) is 5.96 Å². The third kappa shape index (κ3) is 8.59. The Morgan fingerprint density at radius 1 is 1.22 bits per heavy atom. The second kappa shape index (κ2) is 14.3. The SMILES string of the molecule is CCNC(=NCC(c1cccs1)N1CCCC1)NCCOc1cccc(NC(C)=O)c1.I. The van der Waals surface area contributed by atoms with Gasteiger partial charge in [0, 0.05) is 30.1 Å². The molecule has 3 N–H and O–H groups in total. The van der Waals surface area contributed by atoms with Crippen molar-refractivity contribution in [3.05, 3.63) is 46.7 Å². The number of benzene rings is 1. The normalized spacial score (nSPS) is 15.0. The van der Waals surface area contributed by atoms with E-state index in [0.29, 0.717) is 19.2 Å². The van der Waals surface area contributed by atoms with E-state index in [4.69, 9.17) is 9.73 Å². The quantitative estimate of drug-likeness (QED) is 0.173. The monoisotopic (exact) mass is 571 g/mol. The third-order valence-corrected chi connectivity index (χ3v) is 6.01. The van der Waals surface area contributed by atoms with Crippen molar-refractivity contribution in [2.45, 2.75) is 32.7 Å². The van der Waals surface area contributed by atoms with E-state index in [-0.39, 0.29) is 29.9 Å². The fourth-order valence-corrected chi connectivity index (χ4v) is 4.50. The molecule has 1 aromatic carbocycles. The number of nitrogens with zero attached hydrogens (tertiary/aromatic N) is 2. The summed E-state index contributed by atoms with van der Waals surface area (Å²) in [5, 5.41) is 11.6. The van der Waals surface area contributed by atoms with Crippen LogP contribution >= 0.6 is 35.3 Å². The molecule has 2 heterocycles. The lowest BCUT2D eigenvalue weighted by Gasteiger charge is -2.25. The molecule has 1 fully saturated rings.